The van der Waals surface area contributed by atoms with Crippen LogP contribution in [0.15, 0.2) is 27.4 Å². The van der Waals surface area contributed by atoms with Crippen molar-refractivity contribution in [3.63, 3.8) is 0 Å². The summed E-state index contributed by atoms with van der Waals surface area (Å²) in [6.07, 6.45) is 8.26. The van der Waals surface area contributed by atoms with Crippen molar-refractivity contribution in [3.8, 4) is 5.75 Å². The van der Waals surface area contributed by atoms with Gasteiger partial charge in [-0.15, -0.1) is 0 Å². The van der Waals surface area contributed by atoms with E-state index >= 15 is 0 Å². The first kappa shape index (κ1) is 18.5. The molecular weight excluding hydrogens is 307 g/mol. The van der Waals surface area contributed by atoms with Crippen LogP contribution in [0.1, 0.15) is 64.6 Å². The number of fused-ring (bicyclic) bond motifs is 1. The standard InChI is InChI=1S/C20H27FO3/c1-3-5-7-8-9-10-16-14-15-11-12-17(23-13-6-4-2)19(21)18(15)20(22)24-16/h11-12,14H,3-10,13H2,1-2H3. The van der Waals surface area contributed by atoms with Crippen LogP contribution >= 0.6 is 0 Å². The lowest BCUT2D eigenvalue weighted by Crippen LogP contribution is -2.07. The van der Waals surface area contributed by atoms with E-state index in [0.717, 1.165) is 25.7 Å². The lowest BCUT2D eigenvalue weighted by Gasteiger charge is -2.09. The Balaban J connectivity index is 2.13. The van der Waals surface area contributed by atoms with Gasteiger partial charge in [-0.3, -0.25) is 0 Å². The van der Waals surface area contributed by atoms with Gasteiger partial charge in [0, 0.05) is 6.42 Å². The predicted molar refractivity (Wildman–Crippen MR) is 95.3 cm³/mol. The van der Waals surface area contributed by atoms with Gasteiger partial charge in [-0.1, -0.05) is 52.0 Å². The Labute approximate surface area is 142 Å². The number of ether oxygens (including phenoxy) is 1. The monoisotopic (exact) mass is 334 g/mol. The van der Waals surface area contributed by atoms with Crippen LogP contribution in [0.3, 0.4) is 0 Å². The largest absolute Gasteiger partial charge is 0.490 e. The second kappa shape index (κ2) is 9.45. The zero-order chi connectivity index (χ0) is 17.4. The average Bonchev–Trinajstić information content (AvgIpc) is 2.56. The molecule has 3 nitrogen and oxygen atoms in total. The molecule has 4 heteroatoms. The van der Waals surface area contributed by atoms with Gasteiger partial charge in [0.1, 0.15) is 11.1 Å². The van der Waals surface area contributed by atoms with E-state index < -0.39 is 11.4 Å². The number of aryl methyl sites for hydroxylation is 1. The molecule has 1 heterocycles. The maximum Gasteiger partial charge on any atom is 0.346 e. The molecule has 24 heavy (non-hydrogen) atoms. The molecule has 0 spiro atoms. The topological polar surface area (TPSA) is 39.4 Å². The van der Waals surface area contributed by atoms with E-state index in [-0.39, 0.29) is 11.1 Å². The Hall–Kier alpha value is -1.84. The average molecular weight is 334 g/mol. The molecule has 1 aromatic heterocycles. The van der Waals surface area contributed by atoms with Crippen LogP contribution < -0.4 is 10.4 Å². The van der Waals surface area contributed by atoms with E-state index in [2.05, 4.69) is 6.92 Å². The Bertz CT molecular complexity index is 706. The van der Waals surface area contributed by atoms with E-state index in [9.17, 15) is 9.18 Å². The van der Waals surface area contributed by atoms with Gasteiger partial charge in [0.05, 0.1) is 6.61 Å². The minimum absolute atomic E-state index is 0.0151. The van der Waals surface area contributed by atoms with Crippen molar-refractivity contribution in [2.24, 2.45) is 0 Å². The van der Waals surface area contributed by atoms with Gasteiger partial charge < -0.3 is 9.15 Å². The number of halogens is 1. The first-order valence-electron chi connectivity index (χ1n) is 9.05. The molecule has 0 radical (unpaired) electrons. The molecule has 0 N–H and O–H groups in total. The fourth-order valence-corrected chi connectivity index (χ4v) is 2.74. The van der Waals surface area contributed by atoms with Gasteiger partial charge in [0.15, 0.2) is 11.6 Å². The van der Waals surface area contributed by atoms with Crippen molar-refractivity contribution in [1.82, 2.24) is 0 Å². The first-order chi connectivity index (χ1) is 11.7. The molecule has 0 fully saturated rings. The van der Waals surface area contributed by atoms with Crippen molar-refractivity contribution in [1.29, 1.82) is 0 Å². The third-order valence-electron chi connectivity index (χ3n) is 4.17. The smallest absolute Gasteiger partial charge is 0.346 e. The summed E-state index contributed by atoms with van der Waals surface area (Å²) >= 11 is 0. The highest BCUT2D eigenvalue weighted by Gasteiger charge is 2.14. The third kappa shape index (κ3) is 4.83. The summed E-state index contributed by atoms with van der Waals surface area (Å²) in [6, 6.07) is 5.10. The molecule has 0 saturated carbocycles. The number of rotatable bonds is 10. The lowest BCUT2D eigenvalue weighted by atomic mass is 10.1. The first-order valence-corrected chi connectivity index (χ1v) is 9.05. The Morgan fingerprint density at radius 3 is 2.54 bits per heavy atom. The third-order valence-corrected chi connectivity index (χ3v) is 4.17. The van der Waals surface area contributed by atoms with E-state index in [0.29, 0.717) is 24.2 Å². The van der Waals surface area contributed by atoms with Crippen LogP contribution in [0.2, 0.25) is 0 Å². The number of hydrogen-bond acceptors (Lipinski definition) is 3. The van der Waals surface area contributed by atoms with Gasteiger partial charge in [0.25, 0.3) is 0 Å². The molecule has 0 atom stereocenters. The molecule has 0 bridgehead atoms. The maximum atomic E-state index is 14.5. The van der Waals surface area contributed by atoms with Crippen LogP contribution in [0.5, 0.6) is 5.75 Å². The Morgan fingerprint density at radius 1 is 1.04 bits per heavy atom. The molecule has 2 aromatic rings. The second-order valence-corrected chi connectivity index (χ2v) is 6.21. The molecule has 2 rings (SSSR count). The van der Waals surface area contributed by atoms with Crippen LogP contribution in [0.25, 0.3) is 10.8 Å². The Morgan fingerprint density at radius 2 is 1.79 bits per heavy atom. The predicted octanol–water partition coefficient (Wildman–Crippen LogP) is 5.62. The van der Waals surface area contributed by atoms with Gasteiger partial charge >= 0.3 is 5.63 Å². The van der Waals surface area contributed by atoms with Crippen LogP contribution in [0.4, 0.5) is 4.39 Å². The van der Waals surface area contributed by atoms with Crippen molar-refractivity contribution < 1.29 is 13.5 Å². The normalized spacial score (nSPS) is 11.1. The fourth-order valence-electron chi connectivity index (χ4n) is 2.74. The SMILES string of the molecule is CCCCCCCc1cc2ccc(OCCCC)c(F)c2c(=O)o1. The van der Waals surface area contributed by atoms with E-state index in [1.807, 2.05) is 6.92 Å². The minimum atomic E-state index is -0.619. The highest BCUT2D eigenvalue weighted by Crippen LogP contribution is 2.25. The second-order valence-electron chi connectivity index (χ2n) is 6.21. The summed E-state index contributed by atoms with van der Waals surface area (Å²) in [4.78, 5) is 12.2. The summed E-state index contributed by atoms with van der Waals surface area (Å²) in [7, 11) is 0. The lowest BCUT2D eigenvalue weighted by molar-refractivity contribution is 0.295. The molecule has 0 aliphatic heterocycles. The molecule has 0 amide bonds. The van der Waals surface area contributed by atoms with Crippen LogP contribution in [-0.2, 0) is 6.42 Å². The van der Waals surface area contributed by atoms with Crippen LogP contribution in [-0.4, -0.2) is 6.61 Å². The van der Waals surface area contributed by atoms with Gasteiger partial charge in [0.2, 0.25) is 0 Å². The van der Waals surface area contributed by atoms with Crippen molar-refractivity contribution in [2.45, 2.75) is 65.2 Å². The van der Waals surface area contributed by atoms with Gasteiger partial charge in [-0.25, -0.2) is 9.18 Å². The zero-order valence-corrected chi connectivity index (χ0v) is 14.7. The molecule has 0 aliphatic rings. The number of benzene rings is 1. The van der Waals surface area contributed by atoms with E-state index in [4.69, 9.17) is 9.15 Å². The molecule has 1 aromatic carbocycles. The minimum Gasteiger partial charge on any atom is -0.490 e. The number of hydrogen-bond donors (Lipinski definition) is 0. The zero-order valence-electron chi connectivity index (χ0n) is 14.7. The molecule has 0 aliphatic carbocycles. The highest BCUT2D eigenvalue weighted by atomic mass is 19.1. The fraction of sp³-hybridized carbons (Fsp3) is 0.550. The van der Waals surface area contributed by atoms with Gasteiger partial charge in [-0.05, 0) is 30.4 Å². The van der Waals surface area contributed by atoms with Gasteiger partial charge in [-0.2, -0.15) is 0 Å². The summed E-state index contributed by atoms with van der Waals surface area (Å²) in [5.74, 6) is 0.130. The molecule has 0 saturated heterocycles. The summed E-state index contributed by atoms with van der Waals surface area (Å²) in [6.45, 7) is 4.66. The Kier molecular flexibility index (Phi) is 7.29. The number of unbranched alkanes of at least 4 members (excludes halogenated alkanes) is 5. The molecule has 0 unspecified atom stereocenters. The summed E-state index contributed by atoms with van der Waals surface area (Å²) in [5, 5.41) is 0.564. The summed E-state index contributed by atoms with van der Waals surface area (Å²) in [5.41, 5.74) is -0.616. The van der Waals surface area contributed by atoms with E-state index in [1.165, 1.54) is 19.3 Å². The van der Waals surface area contributed by atoms with Crippen molar-refractivity contribution >= 4 is 10.8 Å². The quantitative estimate of drug-likeness (QED) is 0.529. The van der Waals surface area contributed by atoms with Crippen molar-refractivity contribution in [3.05, 3.63) is 40.2 Å². The summed E-state index contributed by atoms with van der Waals surface area (Å²) < 4.78 is 25.2. The van der Waals surface area contributed by atoms with Crippen LogP contribution in [0, 0.1) is 5.82 Å². The van der Waals surface area contributed by atoms with Crippen molar-refractivity contribution in [2.75, 3.05) is 6.61 Å². The highest BCUT2D eigenvalue weighted by molar-refractivity contribution is 5.83. The molecule has 132 valence electrons. The molecular formula is C20H27FO3. The van der Waals surface area contributed by atoms with E-state index in [1.54, 1.807) is 18.2 Å². The maximum absolute atomic E-state index is 14.5.